The number of esters is 2. The van der Waals surface area contributed by atoms with Gasteiger partial charge in [0.1, 0.15) is 22.7 Å². The number of hydrogen-bond donors (Lipinski definition) is 0. The van der Waals surface area contributed by atoms with Crippen LogP contribution in [0.3, 0.4) is 0 Å². The Kier molecular flexibility index (Phi) is 12.7. The van der Waals surface area contributed by atoms with Crippen molar-refractivity contribution in [2.45, 2.75) is 124 Å². The average molecular weight is 593 g/mol. The molecular formula is C37H52O6. The fourth-order valence-electron chi connectivity index (χ4n) is 5.07. The third-order valence-electron chi connectivity index (χ3n) is 6.94. The summed E-state index contributed by atoms with van der Waals surface area (Å²) in [5.41, 5.74) is 0.347. The van der Waals surface area contributed by atoms with Gasteiger partial charge in [0.05, 0.1) is 13.2 Å². The van der Waals surface area contributed by atoms with Crippen molar-refractivity contribution >= 4 is 33.5 Å². The minimum atomic E-state index is -0.470. The standard InChI is InChI=1S/C37H52O6/c1-8-9-10-17-27-22-23-30-31(26-27)35(41-25-16-14-21-33(39)43-37(5,6)7)29-19-12-11-18-28(29)34(30)40-24-15-13-20-32(38)42-36(2,3)4/h11-12,18-19,22-23,26H,8-10,13-17,20-21,24-25H2,1-7H3. The lowest BCUT2D eigenvalue weighted by molar-refractivity contribution is -0.156. The van der Waals surface area contributed by atoms with Gasteiger partial charge in [0.25, 0.3) is 0 Å². The first kappa shape index (κ1) is 34.2. The zero-order chi connectivity index (χ0) is 31.5. The maximum absolute atomic E-state index is 12.1. The molecule has 3 aromatic rings. The van der Waals surface area contributed by atoms with Crippen molar-refractivity contribution in [3.8, 4) is 11.5 Å². The predicted octanol–water partition coefficient (Wildman–Crippen LogP) is 9.51. The van der Waals surface area contributed by atoms with Gasteiger partial charge in [-0.15, -0.1) is 0 Å². The summed E-state index contributed by atoms with van der Waals surface area (Å²) in [6, 6.07) is 14.8. The Labute approximate surface area is 258 Å². The Morgan fingerprint density at radius 2 is 1.09 bits per heavy atom. The minimum absolute atomic E-state index is 0.173. The van der Waals surface area contributed by atoms with E-state index in [2.05, 4.69) is 37.3 Å². The lowest BCUT2D eigenvalue weighted by atomic mass is 9.97. The minimum Gasteiger partial charge on any atom is -0.492 e. The van der Waals surface area contributed by atoms with Crippen LogP contribution in [0, 0.1) is 0 Å². The van der Waals surface area contributed by atoms with Gasteiger partial charge in [-0.2, -0.15) is 0 Å². The van der Waals surface area contributed by atoms with Crippen LogP contribution in [0.4, 0.5) is 0 Å². The van der Waals surface area contributed by atoms with Gasteiger partial charge in [0, 0.05) is 34.4 Å². The number of aryl methyl sites for hydroxylation is 1. The third kappa shape index (κ3) is 11.4. The van der Waals surface area contributed by atoms with E-state index in [1.807, 2.05) is 53.7 Å². The lowest BCUT2D eigenvalue weighted by Gasteiger charge is -2.20. The first-order chi connectivity index (χ1) is 20.4. The van der Waals surface area contributed by atoms with E-state index in [4.69, 9.17) is 18.9 Å². The average Bonchev–Trinajstić information content (AvgIpc) is 2.91. The molecule has 0 N–H and O–H groups in total. The zero-order valence-electron chi connectivity index (χ0n) is 27.5. The van der Waals surface area contributed by atoms with Crippen LogP contribution in [-0.4, -0.2) is 36.4 Å². The van der Waals surface area contributed by atoms with Gasteiger partial charge < -0.3 is 18.9 Å². The molecule has 0 aliphatic rings. The van der Waals surface area contributed by atoms with E-state index in [1.54, 1.807) is 0 Å². The summed E-state index contributed by atoms with van der Waals surface area (Å²) in [7, 11) is 0. The molecule has 0 unspecified atom stereocenters. The highest BCUT2D eigenvalue weighted by Gasteiger charge is 2.19. The molecule has 0 amide bonds. The molecule has 3 rings (SSSR count). The van der Waals surface area contributed by atoms with Crippen LogP contribution in [-0.2, 0) is 25.5 Å². The van der Waals surface area contributed by atoms with E-state index in [-0.39, 0.29) is 11.9 Å². The van der Waals surface area contributed by atoms with Crippen molar-refractivity contribution in [2.24, 2.45) is 0 Å². The Morgan fingerprint density at radius 1 is 0.605 bits per heavy atom. The highest BCUT2D eigenvalue weighted by molar-refractivity contribution is 6.11. The van der Waals surface area contributed by atoms with E-state index in [1.165, 1.54) is 18.4 Å². The molecule has 0 saturated carbocycles. The molecule has 0 radical (unpaired) electrons. The number of benzene rings is 3. The van der Waals surface area contributed by atoms with E-state index in [9.17, 15) is 9.59 Å². The maximum Gasteiger partial charge on any atom is 0.306 e. The predicted molar refractivity (Wildman–Crippen MR) is 175 cm³/mol. The second-order valence-electron chi connectivity index (χ2n) is 13.3. The quantitative estimate of drug-likeness (QED) is 0.0937. The summed E-state index contributed by atoms with van der Waals surface area (Å²) in [6.45, 7) is 14.6. The third-order valence-corrected chi connectivity index (χ3v) is 6.94. The number of unbranched alkanes of at least 4 members (excludes halogenated alkanes) is 4. The Hall–Kier alpha value is -3.28. The molecule has 236 valence electrons. The van der Waals surface area contributed by atoms with Crippen molar-refractivity contribution < 1.29 is 28.5 Å². The molecule has 6 nitrogen and oxygen atoms in total. The second-order valence-corrected chi connectivity index (χ2v) is 13.3. The normalized spacial score (nSPS) is 12.0. The topological polar surface area (TPSA) is 71.1 Å². The number of hydrogen-bond acceptors (Lipinski definition) is 6. The molecule has 6 heteroatoms. The van der Waals surface area contributed by atoms with Crippen LogP contribution in [0.2, 0.25) is 0 Å². The first-order valence-corrected chi connectivity index (χ1v) is 16.0. The molecule has 0 saturated heterocycles. The van der Waals surface area contributed by atoms with Crippen LogP contribution in [0.1, 0.15) is 112 Å². The summed E-state index contributed by atoms with van der Waals surface area (Å²) in [4.78, 5) is 24.3. The molecule has 0 bridgehead atoms. The van der Waals surface area contributed by atoms with Crippen LogP contribution < -0.4 is 9.47 Å². The first-order valence-electron chi connectivity index (χ1n) is 16.0. The molecule has 0 aromatic heterocycles. The molecule has 0 atom stereocenters. The monoisotopic (exact) mass is 592 g/mol. The molecule has 0 aliphatic carbocycles. The van der Waals surface area contributed by atoms with Crippen molar-refractivity contribution in [3.63, 3.8) is 0 Å². The number of ether oxygens (including phenoxy) is 4. The summed E-state index contributed by atoms with van der Waals surface area (Å²) >= 11 is 0. The van der Waals surface area contributed by atoms with Crippen LogP contribution in [0.25, 0.3) is 21.5 Å². The zero-order valence-corrected chi connectivity index (χ0v) is 27.5. The summed E-state index contributed by atoms with van der Waals surface area (Å²) in [5.74, 6) is 1.36. The van der Waals surface area contributed by atoms with Gasteiger partial charge in [-0.05, 0) is 91.7 Å². The number of fused-ring (bicyclic) bond motifs is 2. The summed E-state index contributed by atoms with van der Waals surface area (Å²) in [6.07, 6.45) is 8.23. The second kappa shape index (κ2) is 16.0. The van der Waals surface area contributed by atoms with E-state index >= 15 is 0 Å². The van der Waals surface area contributed by atoms with Crippen LogP contribution >= 0.6 is 0 Å². The van der Waals surface area contributed by atoms with Crippen molar-refractivity contribution in [1.82, 2.24) is 0 Å². The molecule has 0 heterocycles. The van der Waals surface area contributed by atoms with E-state index in [0.29, 0.717) is 38.9 Å². The number of rotatable bonds is 16. The fourth-order valence-corrected chi connectivity index (χ4v) is 5.07. The molecule has 0 spiro atoms. The SMILES string of the molecule is CCCCCc1ccc2c(OCCCCC(=O)OC(C)(C)C)c3ccccc3c(OCCCCC(=O)OC(C)(C)C)c2c1. The highest BCUT2D eigenvalue weighted by Crippen LogP contribution is 2.43. The van der Waals surface area contributed by atoms with Crippen LogP contribution in [0.15, 0.2) is 42.5 Å². The van der Waals surface area contributed by atoms with Crippen molar-refractivity contribution in [2.75, 3.05) is 13.2 Å². The lowest BCUT2D eigenvalue weighted by Crippen LogP contribution is -2.23. The smallest absolute Gasteiger partial charge is 0.306 e. The Morgan fingerprint density at radius 3 is 1.58 bits per heavy atom. The molecule has 0 fully saturated rings. The maximum atomic E-state index is 12.1. The van der Waals surface area contributed by atoms with Crippen molar-refractivity contribution in [3.05, 3.63) is 48.0 Å². The fraction of sp³-hybridized carbons (Fsp3) is 0.568. The summed E-state index contributed by atoms with van der Waals surface area (Å²) < 4.78 is 23.8. The Bertz CT molecular complexity index is 1350. The largest absolute Gasteiger partial charge is 0.492 e. The Balaban J connectivity index is 1.80. The van der Waals surface area contributed by atoms with Gasteiger partial charge in [-0.25, -0.2) is 0 Å². The molecular weight excluding hydrogens is 540 g/mol. The molecule has 43 heavy (non-hydrogen) atoms. The van der Waals surface area contributed by atoms with Crippen molar-refractivity contribution in [1.29, 1.82) is 0 Å². The van der Waals surface area contributed by atoms with E-state index in [0.717, 1.165) is 58.7 Å². The van der Waals surface area contributed by atoms with E-state index < -0.39 is 11.2 Å². The van der Waals surface area contributed by atoms with Gasteiger partial charge in [-0.1, -0.05) is 56.2 Å². The van der Waals surface area contributed by atoms with Gasteiger partial charge >= 0.3 is 11.9 Å². The number of carbonyl (C=O) groups excluding carboxylic acids is 2. The molecule has 3 aromatic carbocycles. The van der Waals surface area contributed by atoms with Crippen LogP contribution in [0.5, 0.6) is 11.5 Å². The van der Waals surface area contributed by atoms with Gasteiger partial charge in [-0.3, -0.25) is 9.59 Å². The van der Waals surface area contributed by atoms with Gasteiger partial charge in [0.15, 0.2) is 0 Å². The molecule has 0 aliphatic heterocycles. The van der Waals surface area contributed by atoms with Gasteiger partial charge in [0.2, 0.25) is 0 Å². The summed E-state index contributed by atoms with van der Waals surface area (Å²) in [5, 5.41) is 4.08. The number of carbonyl (C=O) groups is 2. The highest BCUT2D eigenvalue weighted by atomic mass is 16.6.